The van der Waals surface area contributed by atoms with Crippen LogP contribution in [0.3, 0.4) is 0 Å². The van der Waals surface area contributed by atoms with Gasteiger partial charge in [0, 0.05) is 19.7 Å². The lowest BCUT2D eigenvalue weighted by Gasteiger charge is -2.35. The quantitative estimate of drug-likeness (QED) is 0.832. The predicted octanol–water partition coefficient (Wildman–Crippen LogP) is 1.67. The highest BCUT2D eigenvalue weighted by molar-refractivity contribution is 5.77. The van der Waals surface area contributed by atoms with E-state index in [1.807, 2.05) is 4.90 Å². The monoisotopic (exact) mass is 325 g/mol. The Hall–Kier alpha value is -1.14. The smallest absolute Gasteiger partial charge is 0.309 e. The third-order valence-electron chi connectivity index (χ3n) is 5.55. The molecule has 0 bridgehead atoms. The largest absolute Gasteiger partial charge is 0.481 e. The van der Waals surface area contributed by atoms with E-state index in [2.05, 4.69) is 0 Å². The van der Waals surface area contributed by atoms with E-state index in [4.69, 9.17) is 9.47 Å². The first kappa shape index (κ1) is 16.7. The van der Waals surface area contributed by atoms with Gasteiger partial charge in [-0.05, 0) is 38.0 Å². The van der Waals surface area contributed by atoms with Gasteiger partial charge < -0.3 is 19.5 Å². The first-order valence-corrected chi connectivity index (χ1v) is 8.89. The highest BCUT2D eigenvalue weighted by Gasteiger charge is 2.40. The molecular formula is C17H27NO5. The molecule has 2 atom stereocenters. The number of carboxylic acids is 1. The van der Waals surface area contributed by atoms with Crippen molar-refractivity contribution < 1.29 is 24.2 Å². The topological polar surface area (TPSA) is 76.1 Å². The van der Waals surface area contributed by atoms with E-state index in [1.165, 1.54) is 12.8 Å². The molecular weight excluding hydrogens is 298 g/mol. The van der Waals surface area contributed by atoms with Crippen molar-refractivity contribution in [3.8, 4) is 0 Å². The highest BCUT2D eigenvalue weighted by atomic mass is 16.5. The van der Waals surface area contributed by atoms with Crippen LogP contribution < -0.4 is 0 Å². The number of ether oxygens (including phenoxy) is 2. The standard InChI is InChI=1S/C17H27NO5/c19-15(11-23-13-3-1-2-4-13)18-8-5-12(6-9-18)16-14(17(20)21)7-10-22-16/h12-14,16H,1-11H2,(H,20,21)/t14?,16-/m0/s1. The van der Waals surface area contributed by atoms with Crippen LogP contribution in [0.1, 0.15) is 44.9 Å². The summed E-state index contributed by atoms with van der Waals surface area (Å²) in [6.07, 6.45) is 6.89. The van der Waals surface area contributed by atoms with Crippen molar-refractivity contribution in [1.82, 2.24) is 4.90 Å². The maximum Gasteiger partial charge on any atom is 0.309 e. The van der Waals surface area contributed by atoms with E-state index in [0.29, 0.717) is 26.1 Å². The molecule has 1 aliphatic carbocycles. The van der Waals surface area contributed by atoms with Crippen molar-refractivity contribution in [3.63, 3.8) is 0 Å². The van der Waals surface area contributed by atoms with Gasteiger partial charge in [-0.1, -0.05) is 12.8 Å². The van der Waals surface area contributed by atoms with Crippen LogP contribution in [0.4, 0.5) is 0 Å². The number of likely N-dealkylation sites (tertiary alicyclic amines) is 1. The third kappa shape index (κ3) is 4.04. The molecule has 0 radical (unpaired) electrons. The van der Waals surface area contributed by atoms with Crippen molar-refractivity contribution in [2.45, 2.75) is 57.2 Å². The molecule has 3 aliphatic rings. The Morgan fingerprint density at radius 3 is 2.43 bits per heavy atom. The Morgan fingerprint density at radius 1 is 1.09 bits per heavy atom. The number of amides is 1. The number of hydrogen-bond donors (Lipinski definition) is 1. The second-order valence-corrected chi connectivity index (χ2v) is 7.00. The van der Waals surface area contributed by atoms with E-state index in [-0.39, 0.29) is 36.6 Å². The summed E-state index contributed by atoms with van der Waals surface area (Å²) in [7, 11) is 0. The summed E-state index contributed by atoms with van der Waals surface area (Å²) in [4.78, 5) is 25.4. The van der Waals surface area contributed by atoms with Gasteiger partial charge in [-0.25, -0.2) is 0 Å². The molecule has 23 heavy (non-hydrogen) atoms. The number of nitrogens with zero attached hydrogens (tertiary/aromatic N) is 1. The molecule has 6 heteroatoms. The molecule has 1 N–H and O–H groups in total. The zero-order valence-electron chi connectivity index (χ0n) is 13.6. The highest BCUT2D eigenvalue weighted by Crippen LogP contribution is 2.33. The molecule has 2 heterocycles. The number of rotatable bonds is 5. The van der Waals surface area contributed by atoms with Gasteiger partial charge in [0.05, 0.1) is 18.1 Å². The van der Waals surface area contributed by atoms with Crippen LogP contribution in [-0.2, 0) is 19.1 Å². The number of carbonyl (C=O) groups excluding carboxylic acids is 1. The van der Waals surface area contributed by atoms with Crippen LogP contribution in [0.25, 0.3) is 0 Å². The Bertz CT molecular complexity index is 427. The van der Waals surface area contributed by atoms with E-state index >= 15 is 0 Å². The van der Waals surface area contributed by atoms with Gasteiger partial charge in [0.25, 0.3) is 0 Å². The second kappa shape index (κ2) is 7.62. The molecule has 3 rings (SSSR count). The van der Waals surface area contributed by atoms with Gasteiger partial charge in [0.15, 0.2) is 0 Å². The summed E-state index contributed by atoms with van der Waals surface area (Å²) >= 11 is 0. The lowest BCUT2D eigenvalue weighted by atomic mass is 9.84. The second-order valence-electron chi connectivity index (χ2n) is 7.00. The van der Waals surface area contributed by atoms with Crippen LogP contribution >= 0.6 is 0 Å². The van der Waals surface area contributed by atoms with Crippen molar-refractivity contribution in [1.29, 1.82) is 0 Å². The maximum atomic E-state index is 12.2. The molecule has 0 aromatic carbocycles. The summed E-state index contributed by atoms with van der Waals surface area (Å²) < 4.78 is 11.4. The Balaban J connectivity index is 1.42. The first-order chi connectivity index (χ1) is 11.1. The van der Waals surface area contributed by atoms with Gasteiger partial charge in [-0.2, -0.15) is 0 Å². The summed E-state index contributed by atoms with van der Waals surface area (Å²) in [5.74, 6) is -0.820. The average Bonchev–Trinajstić information content (AvgIpc) is 3.24. The molecule has 6 nitrogen and oxygen atoms in total. The van der Waals surface area contributed by atoms with Crippen molar-refractivity contribution in [2.75, 3.05) is 26.3 Å². The van der Waals surface area contributed by atoms with Gasteiger partial charge in [0.1, 0.15) is 6.61 Å². The fourth-order valence-electron chi connectivity index (χ4n) is 4.15. The molecule has 1 unspecified atom stereocenters. The number of carbonyl (C=O) groups is 2. The minimum absolute atomic E-state index is 0.0671. The van der Waals surface area contributed by atoms with Crippen LogP contribution in [0.2, 0.25) is 0 Å². The fraction of sp³-hybridized carbons (Fsp3) is 0.882. The minimum Gasteiger partial charge on any atom is -0.481 e. The van der Waals surface area contributed by atoms with Gasteiger partial charge in [-0.15, -0.1) is 0 Å². The average molecular weight is 325 g/mol. The fourth-order valence-corrected chi connectivity index (χ4v) is 4.15. The summed E-state index contributed by atoms with van der Waals surface area (Å²) in [5, 5.41) is 9.27. The molecule has 0 aromatic rings. The lowest BCUT2D eigenvalue weighted by Crippen LogP contribution is -2.44. The number of hydrogen-bond acceptors (Lipinski definition) is 4. The van der Waals surface area contributed by atoms with Crippen LogP contribution in [0.15, 0.2) is 0 Å². The van der Waals surface area contributed by atoms with Gasteiger partial charge >= 0.3 is 5.97 Å². The molecule has 0 spiro atoms. The number of piperidine rings is 1. The third-order valence-corrected chi connectivity index (χ3v) is 5.55. The van der Waals surface area contributed by atoms with Crippen molar-refractivity contribution in [3.05, 3.63) is 0 Å². The zero-order chi connectivity index (χ0) is 16.2. The molecule has 3 fully saturated rings. The van der Waals surface area contributed by atoms with Gasteiger partial charge in [0.2, 0.25) is 5.91 Å². The Kier molecular flexibility index (Phi) is 5.54. The predicted molar refractivity (Wildman–Crippen MR) is 83.0 cm³/mol. The van der Waals surface area contributed by atoms with E-state index in [9.17, 15) is 14.7 Å². The molecule has 130 valence electrons. The first-order valence-electron chi connectivity index (χ1n) is 8.89. The maximum absolute atomic E-state index is 12.2. The summed E-state index contributed by atoms with van der Waals surface area (Å²) in [5.41, 5.74) is 0. The van der Waals surface area contributed by atoms with Crippen LogP contribution in [0, 0.1) is 11.8 Å². The van der Waals surface area contributed by atoms with E-state index < -0.39 is 5.97 Å². The molecule has 1 saturated carbocycles. The molecule has 2 aliphatic heterocycles. The molecule has 1 amide bonds. The van der Waals surface area contributed by atoms with E-state index in [0.717, 1.165) is 25.7 Å². The number of aliphatic carboxylic acids is 1. The molecule has 0 aromatic heterocycles. The number of carboxylic acid groups (broad SMARTS) is 1. The van der Waals surface area contributed by atoms with Crippen molar-refractivity contribution >= 4 is 11.9 Å². The molecule has 2 saturated heterocycles. The summed E-state index contributed by atoms with van der Waals surface area (Å²) in [6, 6.07) is 0. The van der Waals surface area contributed by atoms with Gasteiger partial charge in [-0.3, -0.25) is 9.59 Å². The Labute approximate surface area is 137 Å². The summed E-state index contributed by atoms with van der Waals surface area (Å²) in [6.45, 7) is 2.09. The van der Waals surface area contributed by atoms with Crippen LogP contribution in [-0.4, -0.2) is 60.4 Å². The normalized spacial score (nSPS) is 30.0. The zero-order valence-corrected chi connectivity index (χ0v) is 13.6. The minimum atomic E-state index is -0.754. The van der Waals surface area contributed by atoms with Crippen LogP contribution in [0.5, 0.6) is 0 Å². The SMILES string of the molecule is O=C(O)C1CCO[C@H]1C1CCN(C(=O)COC2CCCC2)CC1. The van der Waals surface area contributed by atoms with Crippen molar-refractivity contribution in [2.24, 2.45) is 11.8 Å². The Morgan fingerprint density at radius 2 is 1.78 bits per heavy atom. The lowest BCUT2D eigenvalue weighted by molar-refractivity contribution is -0.146. The van der Waals surface area contributed by atoms with E-state index in [1.54, 1.807) is 0 Å².